The van der Waals surface area contributed by atoms with Gasteiger partial charge in [-0.1, -0.05) is 29.3 Å². The van der Waals surface area contributed by atoms with Crippen LogP contribution in [0.1, 0.15) is 5.56 Å². The number of hydrogen-bond donors (Lipinski definition) is 1. The first-order valence-corrected chi connectivity index (χ1v) is 5.99. The molecule has 0 radical (unpaired) electrons. The van der Waals surface area contributed by atoms with Crippen molar-refractivity contribution in [2.24, 2.45) is 0 Å². The van der Waals surface area contributed by atoms with Crippen molar-refractivity contribution in [3.05, 3.63) is 33.8 Å². The molecule has 0 spiro atoms. The fraction of sp³-hybridized carbons (Fsp3) is 0.455. The maximum atomic E-state index is 11.6. The molecule has 1 aromatic rings. The molecule has 0 saturated heterocycles. The van der Waals surface area contributed by atoms with Crippen molar-refractivity contribution in [1.29, 1.82) is 0 Å². The largest absolute Gasteiger partial charge is 0.522 e. The Bertz CT molecular complexity index is 385. The van der Waals surface area contributed by atoms with Crippen molar-refractivity contribution in [2.75, 3.05) is 19.7 Å². The molecule has 1 N–H and O–H groups in total. The first kappa shape index (κ1) is 15.6. The molecule has 2 nitrogen and oxygen atoms in total. The Morgan fingerprint density at radius 2 is 1.89 bits per heavy atom. The normalized spacial score (nSPS) is 11.8. The van der Waals surface area contributed by atoms with E-state index in [0.717, 1.165) is 5.56 Å². The van der Waals surface area contributed by atoms with E-state index in [-0.39, 0.29) is 6.54 Å². The van der Waals surface area contributed by atoms with E-state index in [1.807, 2.05) is 0 Å². The Kier molecular flexibility index (Phi) is 6.21. The fourth-order valence-corrected chi connectivity index (χ4v) is 1.81. The molecule has 0 amide bonds. The Labute approximate surface area is 113 Å². The first-order chi connectivity index (χ1) is 8.38. The maximum Gasteiger partial charge on any atom is 0.522 e. The van der Waals surface area contributed by atoms with E-state index in [4.69, 9.17) is 23.2 Å². The van der Waals surface area contributed by atoms with E-state index in [9.17, 15) is 13.2 Å². The molecule has 18 heavy (non-hydrogen) atoms. The van der Waals surface area contributed by atoms with E-state index >= 15 is 0 Å². The Morgan fingerprint density at radius 3 is 2.50 bits per heavy atom. The summed E-state index contributed by atoms with van der Waals surface area (Å²) in [5.41, 5.74) is 0.894. The quantitative estimate of drug-likeness (QED) is 0.810. The van der Waals surface area contributed by atoms with Gasteiger partial charge in [0, 0.05) is 16.6 Å². The zero-order valence-electron chi connectivity index (χ0n) is 9.36. The van der Waals surface area contributed by atoms with Crippen molar-refractivity contribution >= 4 is 23.2 Å². The lowest BCUT2D eigenvalue weighted by Crippen LogP contribution is -2.25. The molecule has 0 aliphatic heterocycles. The van der Waals surface area contributed by atoms with Crippen LogP contribution in [0.3, 0.4) is 0 Å². The van der Waals surface area contributed by atoms with E-state index in [1.165, 1.54) is 0 Å². The van der Waals surface area contributed by atoms with E-state index in [1.54, 1.807) is 18.2 Å². The van der Waals surface area contributed by atoms with Gasteiger partial charge >= 0.3 is 6.36 Å². The summed E-state index contributed by atoms with van der Waals surface area (Å²) in [6.07, 6.45) is -3.96. The molecule has 102 valence electrons. The number of benzene rings is 1. The number of ether oxygens (including phenoxy) is 1. The number of halogens is 5. The summed E-state index contributed by atoms with van der Waals surface area (Å²) in [5, 5.41) is 3.93. The lowest BCUT2D eigenvalue weighted by Gasteiger charge is -2.09. The average molecular weight is 302 g/mol. The van der Waals surface area contributed by atoms with Crippen LogP contribution in [0.15, 0.2) is 18.2 Å². The first-order valence-electron chi connectivity index (χ1n) is 5.24. The van der Waals surface area contributed by atoms with Gasteiger partial charge in [-0.3, -0.25) is 4.74 Å². The van der Waals surface area contributed by atoms with Gasteiger partial charge < -0.3 is 5.32 Å². The third-order valence-corrected chi connectivity index (χ3v) is 2.72. The molecule has 0 aromatic heterocycles. The molecule has 0 unspecified atom stereocenters. The van der Waals surface area contributed by atoms with Crippen LogP contribution in [0, 0.1) is 0 Å². The van der Waals surface area contributed by atoms with Gasteiger partial charge in [-0.15, -0.1) is 13.2 Å². The Hall–Kier alpha value is -0.490. The van der Waals surface area contributed by atoms with Crippen molar-refractivity contribution in [2.45, 2.75) is 12.8 Å². The SMILES string of the molecule is FC(F)(F)OCCNCCc1ccc(Cl)cc1Cl. The molecule has 0 saturated carbocycles. The molecular formula is C11H12Cl2F3NO. The van der Waals surface area contributed by atoms with Crippen LogP contribution in [0.2, 0.25) is 10.0 Å². The van der Waals surface area contributed by atoms with Crippen molar-refractivity contribution < 1.29 is 17.9 Å². The zero-order valence-corrected chi connectivity index (χ0v) is 10.9. The highest BCUT2D eigenvalue weighted by Crippen LogP contribution is 2.21. The molecule has 0 aliphatic rings. The smallest absolute Gasteiger partial charge is 0.314 e. The molecule has 0 aliphatic carbocycles. The van der Waals surface area contributed by atoms with Gasteiger partial charge in [0.25, 0.3) is 0 Å². The standard InChI is InChI=1S/C11H12Cl2F3NO/c12-9-2-1-8(10(13)7-9)3-4-17-5-6-18-11(14,15)16/h1-2,7,17H,3-6H2. The van der Waals surface area contributed by atoms with Crippen LogP contribution >= 0.6 is 23.2 Å². The lowest BCUT2D eigenvalue weighted by molar-refractivity contribution is -0.323. The third-order valence-electron chi connectivity index (χ3n) is 2.13. The predicted molar refractivity (Wildman–Crippen MR) is 65.0 cm³/mol. The topological polar surface area (TPSA) is 21.3 Å². The molecule has 0 atom stereocenters. The van der Waals surface area contributed by atoms with Crippen LogP contribution in [0.25, 0.3) is 0 Å². The second-order valence-electron chi connectivity index (χ2n) is 3.53. The second-order valence-corrected chi connectivity index (χ2v) is 4.37. The monoisotopic (exact) mass is 301 g/mol. The van der Waals surface area contributed by atoms with Gasteiger partial charge in [-0.2, -0.15) is 0 Å². The highest BCUT2D eigenvalue weighted by molar-refractivity contribution is 6.35. The highest BCUT2D eigenvalue weighted by atomic mass is 35.5. The molecule has 7 heteroatoms. The number of alkyl halides is 3. The summed E-state index contributed by atoms with van der Waals surface area (Å²) in [4.78, 5) is 0. The minimum absolute atomic E-state index is 0.130. The van der Waals surface area contributed by atoms with Gasteiger partial charge in [0.15, 0.2) is 0 Å². The third kappa shape index (κ3) is 6.44. The van der Waals surface area contributed by atoms with E-state index in [2.05, 4.69) is 10.1 Å². The van der Waals surface area contributed by atoms with Crippen molar-refractivity contribution in [1.82, 2.24) is 5.32 Å². The summed E-state index contributed by atoms with van der Waals surface area (Å²) >= 11 is 11.7. The number of rotatable bonds is 6. The van der Waals surface area contributed by atoms with Gasteiger partial charge in [-0.25, -0.2) is 0 Å². The Morgan fingerprint density at radius 1 is 1.17 bits per heavy atom. The maximum absolute atomic E-state index is 11.6. The summed E-state index contributed by atoms with van der Waals surface area (Å²) in [7, 11) is 0. The minimum Gasteiger partial charge on any atom is -0.314 e. The van der Waals surface area contributed by atoms with Crippen LogP contribution in [-0.2, 0) is 11.2 Å². The van der Waals surface area contributed by atoms with Gasteiger partial charge in [0.05, 0.1) is 6.61 Å². The summed E-state index contributed by atoms with van der Waals surface area (Å²) < 4.78 is 38.5. The van der Waals surface area contributed by atoms with E-state index in [0.29, 0.717) is 23.0 Å². The predicted octanol–water partition coefficient (Wildman–Crippen LogP) is 3.66. The lowest BCUT2D eigenvalue weighted by atomic mass is 10.1. The van der Waals surface area contributed by atoms with Crippen LogP contribution < -0.4 is 5.32 Å². The number of hydrogen-bond acceptors (Lipinski definition) is 2. The molecular weight excluding hydrogens is 290 g/mol. The summed E-state index contributed by atoms with van der Waals surface area (Å²) in [6, 6.07) is 5.14. The molecule has 1 aromatic carbocycles. The molecule has 0 heterocycles. The van der Waals surface area contributed by atoms with Crippen molar-refractivity contribution in [3.63, 3.8) is 0 Å². The summed E-state index contributed by atoms with van der Waals surface area (Å²) in [5.74, 6) is 0. The Balaban J connectivity index is 2.18. The summed E-state index contributed by atoms with van der Waals surface area (Å²) in [6.45, 7) is 0.241. The average Bonchev–Trinajstić information content (AvgIpc) is 2.24. The van der Waals surface area contributed by atoms with E-state index < -0.39 is 13.0 Å². The second kappa shape index (κ2) is 7.19. The number of nitrogens with one attached hydrogen (secondary N) is 1. The van der Waals surface area contributed by atoms with Crippen LogP contribution in [0.5, 0.6) is 0 Å². The van der Waals surface area contributed by atoms with Gasteiger partial charge in [0.1, 0.15) is 0 Å². The highest BCUT2D eigenvalue weighted by Gasteiger charge is 2.28. The molecule has 1 rings (SSSR count). The molecule has 0 fully saturated rings. The fourth-order valence-electron chi connectivity index (χ4n) is 1.31. The van der Waals surface area contributed by atoms with Gasteiger partial charge in [-0.05, 0) is 30.7 Å². The van der Waals surface area contributed by atoms with Crippen LogP contribution in [-0.4, -0.2) is 26.1 Å². The van der Waals surface area contributed by atoms with Gasteiger partial charge in [0.2, 0.25) is 0 Å². The van der Waals surface area contributed by atoms with Crippen LogP contribution in [0.4, 0.5) is 13.2 Å². The minimum atomic E-state index is -4.57. The zero-order chi connectivity index (χ0) is 13.6. The molecule has 0 bridgehead atoms. The van der Waals surface area contributed by atoms with Crippen molar-refractivity contribution in [3.8, 4) is 0 Å².